The normalized spacial score (nSPS) is 16.6. The molecule has 1 amide bonds. The molecule has 1 N–H and O–H groups in total. The monoisotopic (exact) mass is 354 g/mol. The molecule has 22 heavy (non-hydrogen) atoms. The minimum Gasteiger partial charge on any atom is -0.343 e. The zero-order valence-corrected chi connectivity index (χ0v) is 15.6. The Morgan fingerprint density at radius 1 is 1.27 bits per heavy atom. The number of carbonyl (C=O) groups is 1. The largest absolute Gasteiger partial charge is 0.343 e. The second-order valence-corrected chi connectivity index (χ2v) is 8.62. The van der Waals surface area contributed by atoms with E-state index < -0.39 is 9.84 Å². The van der Waals surface area contributed by atoms with Crippen LogP contribution in [0.15, 0.2) is 0 Å². The van der Waals surface area contributed by atoms with Crippen LogP contribution in [0.5, 0.6) is 0 Å². The molecule has 0 unspecified atom stereocenters. The van der Waals surface area contributed by atoms with Gasteiger partial charge in [-0.1, -0.05) is 20.8 Å². The lowest BCUT2D eigenvalue weighted by Crippen LogP contribution is -2.41. The Labute approximate surface area is 141 Å². The minimum absolute atomic E-state index is 0. The first-order chi connectivity index (χ1) is 9.84. The number of likely N-dealkylation sites (tertiary alicyclic amines) is 1. The van der Waals surface area contributed by atoms with E-state index in [0.717, 1.165) is 39.0 Å². The number of carbonyl (C=O) groups excluding carboxylic acids is 1. The van der Waals surface area contributed by atoms with E-state index in [-0.39, 0.29) is 42.2 Å². The van der Waals surface area contributed by atoms with Crippen LogP contribution in [-0.2, 0) is 14.6 Å². The van der Waals surface area contributed by atoms with Gasteiger partial charge in [0.25, 0.3) is 0 Å². The molecule has 0 radical (unpaired) electrons. The summed E-state index contributed by atoms with van der Waals surface area (Å²) in [5.74, 6) is 0.904. The smallest absolute Gasteiger partial charge is 0.223 e. The molecular weight excluding hydrogens is 324 g/mol. The Bertz CT molecular complexity index is 419. The summed E-state index contributed by atoms with van der Waals surface area (Å²) < 4.78 is 23.6. The Morgan fingerprint density at radius 3 is 2.36 bits per heavy atom. The predicted octanol–water partition coefficient (Wildman–Crippen LogP) is 1.72. The third kappa shape index (κ3) is 8.34. The van der Waals surface area contributed by atoms with E-state index in [4.69, 9.17) is 0 Å². The van der Waals surface area contributed by atoms with Gasteiger partial charge in [0.1, 0.15) is 0 Å². The van der Waals surface area contributed by atoms with Crippen molar-refractivity contribution < 1.29 is 13.2 Å². The summed E-state index contributed by atoms with van der Waals surface area (Å²) in [6, 6.07) is 0. The molecule has 1 saturated heterocycles. The van der Waals surface area contributed by atoms with Crippen molar-refractivity contribution in [2.75, 3.05) is 37.7 Å². The number of halogens is 1. The average molecular weight is 355 g/mol. The first-order valence-electron chi connectivity index (χ1n) is 8.03. The first kappa shape index (κ1) is 21.7. The number of nitrogens with one attached hydrogen (secondary N) is 1. The molecule has 0 aliphatic carbocycles. The molecule has 132 valence electrons. The molecule has 0 spiro atoms. The highest BCUT2D eigenvalue weighted by molar-refractivity contribution is 7.91. The highest BCUT2D eigenvalue weighted by Gasteiger charge is 2.24. The summed E-state index contributed by atoms with van der Waals surface area (Å²) in [4.78, 5) is 13.9. The Hall–Kier alpha value is -0.330. The molecule has 0 bridgehead atoms. The van der Waals surface area contributed by atoms with E-state index in [0.29, 0.717) is 5.92 Å². The van der Waals surface area contributed by atoms with Gasteiger partial charge >= 0.3 is 0 Å². The summed E-state index contributed by atoms with van der Waals surface area (Å²) in [5.41, 5.74) is 0. The Balaban J connectivity index is 0.00000441. The van der Waals surface area contributed by atoms with Crippen molar-refractivity contribution in [2.45, 2.75) is 40.0 Å². The fourth-order valence-corrected chi connectivity index (χ4v) is 4.40. The van der Waals surface area contributed by atoms with Crippen molar-refractivity contribution in [1.82, 2.24) is 10.2 Å². The second-order valence-electron chi connectivity index (χ2n) is 6.39. The molecular formula is C15H31ClN2O3S. The van der Waals surface area contributed by atoms with Crippen LogP contribution in [0.2, 0.25) is 0 Å². The number of rotatable bonds is 8. The van der Waals surface area contributed by atoms with Crippen LogP contribution < -0.4 is 5.32 Å². The van der Waals surface area contributed by atoms with Crippen molar-refractivity contribution in [3.8, 4) is 0 Å². The molecule has 1 rings (SSSR count). The van der Waals surface area contributed by atoms with Gasteiger partial charge < -0.3 is 10.2 Å². The molecule has 1 aliphatic rings. The van der Waals surface area contributed by atoms with Crippen molar-refractivity contribution in [2.24, 2.45) is 11.8 Å². The van der Waals surface area contributed by atoms with E-state index in [1.54, 1.807) is 0 Å². The van der Waals surface area contributed by atoms with Gasteiger partial charge in [0, 0.05) is 19.5 Å². The van der Waals surface area contributed by atoms with Gasteiger partial charge in [-0.15, -0.1) is 12.4 Å². The maximum Gasteiger partial charge on any atom is 0.223 e. The number of amides is 1. The van der Waals surface area contributed by atoms with Gasteiger partial charge in [0.15, 0.2) is 9.84 Å². The number of piperidine rings is 1. The molecule has 1 aliphatic heterocycles. The van der Waals surface area contributed by atoms with Gasteiger partial charge in [-0.25, -0.2) is 8.42 Å². The first-order valence-corrected chi connectivity index (χ1v) is 9.85. The zero-order chi connectivity index (χ0) is 15.9. The van der Waals surface area contributed by atoms with Crippen LogP contribution in [0, 0.1) is 11.8 Å². The quantitative estimate of drug-likeness (QED) is 0.720. The Morgan fingerprint density at radius 2 is 1.86 bits per heavy atom. The molecule has 1 fully saturated rings. The summed E-state index contributed by atoms with van der Waals surface area (Å²) in [7, 11) is -3.09. The number of sulfone groups is 1. The maximum atomic E-state index is 12.1. The summed E-state index contributed by atoms with van der Waals surface area (Å²) in [5, 5.41) is 3.34. The minimum atomic E-state index is -3.09. The summed E-state index contributed by atoms with van der Waals surface area (Å²) >= 11 is 0. The third-order valence-corrected chi connectivity index (χ3v) is 5.87. The molecule has 0 aromatic carbocycles. The van der Waals surface area contributed by atoms with E-state index in [9.17, 15) is 13.2 Å². The number of nitrogens with zero attached hydrogens (tertiary/aromatic N) is 1. The van der Waals surface area contributed by atoms with E-state index in [2.05, 4.69) is 12.2 Å². The standard InChI is InChI=1S/C15H30N2O3S.ClH/c1-4-16-11-14-5-8-17(9-6-14)15(18)7-10-21(19,20)12-13(2)3;/h13-14,16H,4-12H2,1-3H3;1H. The highest BCUT2D eigenvalue weighted by atomic mass is 35.5. The van der Waals surface area contributed by atoms with Crippen LogP contribution >= 0.6 is 12.4 Å². The van der Waals surface area contributed by atoms with Crippen molar-refractivity contribution >= 4 is 28.2 Å². The molecule has 1 heterocycles. The maximum absolute atomic E-state index is 12.1. The SMILES string of the molecule is CCNCC1CCN(C(=O)CCS(=O)(=O)CC(C)C)CC1.Cl. The fraction of sp³-hybridized carbons (Fsp3) is 0.933. The molecule has 0 saturated carbocycles. The third-order valence-electron chi connectivity index (χ3n) is 3.86. The summed E-state index contributed by atoms with van der Waals surface area (Å²) in [6.07, 6.45) is 2.15. The zero-order valence-electron chi connectivity index (χ0n) is 14.0. The molecule has 5 nitrogen and oxygen atoms in total. The second kappa shape index (κ2) is 10.4. The topological polar surface area (TPSA) is 66.5 Å². The summed E-state index contributed by atoms with van der Waals surface area (Å²) in [6.45, 7) is 9.38. The molecule has 0 aromatic rings. The average Bonchev–Trinajstić information content (AvgIpc) is 2.42. The van der Waals surface area contributed by atoms with E-state index in [1.165, 1.54) is 0 Å². The number of hydrogen-bond donors (Lipinski definition) is 1. The lowest BCUT2D eigenvalue weighted by Gasteiger charge is -2.32. The number of hydrogen-bond acceptors (Lipinski definition) is 4. The van der Waals surface area contributed by atoms with Gasteiger partial charge in [-0.05, 0) is 37.8 Å². The van der Waals surface area contributed by atoms with Gasteiger partial charge in [0.05, 0.1) is 11.5 Å². The van der Waals surface area contributed by atoms with Crippen LogP contribution in [0.3, 0.4) is 0 Å². The van der Waals surface area contributed by atoms with E-state index in [1.807, 2.05) is 18.7 Å². The van der Waals surface area contributed by atoms with Crippen molar-refractivity contribution in [3.63, 3.8) is 0 Å². The lowest BCUT2D eigenvalue weighted by atomic mass is 9.96. The lowest BCUT2D eigenvalue weighted by molar-refractivity contribution is -0.132. The highest BCUT2D eigenvalue weighted by Crippen LogP contribution is 2.17. The van der Waals surface area contributed by atoms with Crippen LogP contribution in [0.4, 0.5) is 0 Å². The van der Waals surface area contributed by atoms with Crippen LogP contribution in [0.25, 0.3) is 0 Å². The molecule has 7 heteroatoms. The van der Waals surface area contributed by atoms with Crippen molar-refractivity contribution in [1.29, 1.82) is 0 Å². The predicted molar refractivity (Wildman–Crippen MR) is 93.2 cm³/mol. The van der Waals surface area contributed by atoms with Crippen molar-refractivity contribution in [3.05, 3.63) is 0 Å². The van der Waals surface area contributed by atoms with Gasteiger partial charge in [0.2, 0.25) is 5.91 Å². The fourth-order valence-electron chi connectivity index (χ4n) is 2.73. The van der Waals surface area contributed by atoms with Crippen LogP contribution in [0.1, 0.15) is 40.0 Å². The van der Waals surface area contributed by atoms with Gasteiger partial charge in [-0.2, -0.15) is 0 Å². The molecule has 0 aromatic heterocycles. The Kier molecular flexibility index (Phi) is 10.3. The van der Waals surface area contributed by atoms with E-state index >= 15 is 0 Å². The van der Waals surface area contributed by atoms with Crippen LogP contribution in [-0.4, -0.2) is 56.9 Å². The van der Waals surface area contributed by atoms with Gasteiger partial charge in [-0.3, -0.25) is 4.79 Å². The molecule has 0 atom stereocenters.